The summed E-state index contributed by atoms with van der Waals surface area (Å²) in [5.74, 6) is 0. The van der Waals surface area contributed by atoms with Crippen molar-refractivity contribution in [3.63, 3.8) is 0 Å². The molecule has 0 radical (unpaired) electrons. The standard InChI is InChI=1S/C8H13FN2O2/c9-7-5(10)3-4-1-2-6(7)11(4)8(12)13/h4-7H,1-3,10H2,(H,12,13)/t4-,5-,6+,7-/m1/s1. The fourth-order valence-electron chi connectivity index (χ4n) is 2.48. The molecular weight excluding hydrogens is 175 g/mol. The lowest BCUT2D eigenvalue weighted by Crippen LogP contribution is -2.56. The zero-order valence-electron chi connectivity index (χ0n) is 7.19. The number of amides is 1. The summed E-state index contributed by atoms with van der Waals surface area (Å²) in [6, 6.07) is -1.02. The predicted octanol–water partition coefficient (Wildman–Crippen LogP) is 0.567. The zero-order valence-corrected chi connectivity index (χ0v) is 7.19. The van der Waals surface area contributed by atoms with Crippen LogP contribution in [0.25, 0.3) is 0 Å². The van der Waals surface area contributed by atoms with Crippen molar-refractivity contribution in [3.05, 3.63) is 0 Å². The summed E-state index contributed by atoms with van der Waals surface area (Å²) in [6.45, 7) is 0. The van der Waals surface area contributed by atoms with Crippen molar-refractivity contribution >= 4 is 6.09 Å². The molecule has 2 fully saturated rings. The van der Waals surface area contributed by atoms with E-state index < -0.39 is 24.3 Å². The Balaban J connectivity index is 2.21. The van der Waals surface area contributed by atoms with E-state index in [1.165, 1.54) is 4.90 Å². The number of hydrogen-bond acceptors (Lipinski definition) is 2. The van der Waals surface area contributed by atoms with Gasteiger partial charge in [-0.25, -0.2) is 9.18 Å². The number of fused-ring (bicyclic) bond motifs is 2. The number of hydrogen-bond donors (Lipinski definition) is 2. The van der Waals surface area contributed by atoms with Crippen molar-refractivity contribution in [1.82, 2.24) is 4.90 Å². The van der Waals surface area contributed by atoms with Crippen LogP contribution in [-0.2, 0) is 0 Å². The van der Waals surface area contributed by atoms with E-state index in [9.17, 15) is 9.18 Å². The number of halogens is 1. The molecule has 3 N–H and O–H groups in total. The predicted molar refractivity (Wildman–Crippen MR) is 44.2 cm³/mol. The van der Waals surface area contributed by atoms with Crippen LogP contribution >= 0.6 is 0 Å². The second-order valence-electron chi connectivity index (χ2n) is 3.83. The SMILES string of the molecule is N[C@@H]1C[C@H]2CC[C@@H]([C@@H]1F)N2C(=O)O. The van der Waals surface area contributed by atoms with Crippen LogP contribution in [0.5, 0.6) is 0 Å². The molecule has 0 aromatic carbocycles. The molecule has 2 rings (SSSR count). The minimum absolute atomic E-state index is 0.0514. The van der Waals surface area contributed by atoms with Gasteiger partial charge >= 0.3 is 6.09 Å². The summed E-state index contributed by atoms with van der Waals surface area (Å²) in [5.41, 5.74) is 5.57. The molecule has 2 aliphatic rings. The van der Waals surface area contributed by atoms with Crippen LogP contribution in [0.4, 0.5) is 9.18 Å². The molecule has 0 saturated carbocycles. The quantitative estimate of drug-likeness (QED) is 0.584. The summed E-state index contributed by atoms with van der Waals surface area (Å²) >= 11 is 0. The van der Waals surface area contributed by atoms with Crippen LogP contribution < -0.4 is 5.73 Å². The topological polar surface area (TPSA) is 66.6 Å². The molecular formula is C8H13FN2O2. The molecule has 2 aliphatic heterocycles. The molecule has 4 nitrogen and oxygen atoms in total. The second kappa shape index (κ2) is 2.83. The maximum absolute atomic E-state index is 13.4. The Morgan fingerprint density at radius 2 is 2.23 bits per heavy atom. The van der Waals surface area contributed by atoms with Gasteiger partial charge in [0.05, 0.1) is 6.04 Å². The molecule has 0 unspecified atom stereocenters. The van der Waals surface area contributed by atoms with Gasteiger partial charge in [-0.15, -0.1) is 0 Å². The molecule has 2 bridgehead atoms. The smallest absolute Gasteiger partial charge is 0.407 e. The first-order valence-electron chi connectivity index (χ1n) is 4.52. The Morgan fingerprint density at radius 1 is 1.54 bits per heavy atom. The van der Waals surface area contributed by atoms with Gasteiger partial charge in [-0.3, -0.25) is 4.90 Å². The average molecular weight is 188 g/mol. The van der Waals surface area contributed by atoms with Gasteiger partial charge in [-0.05, 0) is 19.3 Å². The van der Waals surface area contributed by atoms with E-state index in [4.69, 9.17) is 10.8 Å². The molecule has 4 atom stereocenters. The van der Waals surface area contributed by atoms with E-state index in [0.29, 0.717) is 12.8 Å². The first-order chi connectivity index (χ1) is 6.11. The highest BCUT2D eigenvalue weighted by molar-refractivity contribution is 5.66. The van der Waals surface area contributed by atoms with Crippen LogP contribution in [0.2, 0.25) is 0 Å². The molecule has 0 spiro atoms. The monoisotopic (exact) mass is 188 g/mol. The van der Waals surface area contributed by atoms with Crippen LogP contribution in [0.3, 0.4) is 0 Å². The number of alkyl halides is 1. The lowest BCUT2D eigenvalue weighted by atomic mass is 9.97. The minimum Gasteiger partial charge on any atom is -0.465 e. The molecule has 74 valence electrons. The van der Waals surface area contributed by atoms with Crippen molar-refractivity contribution in [3.8, 4) is 0 Å². The van der Waals surface area contributed by atoms with E-state index in [1.54, 1.807) is 0 Å². The zero-order chi connectivity index (χ0) is 9.59. The fraction of sp³-hybridized carbons (Fsp3) is 0.875. The number of nitrogens with zero attached hydrogens (tertiary/aromatic N) is 1. The summed E-state index contributed by atoms with van der Waals surface area (Å²) in [6.07, 6.45) is -0.363. The Labute approximate surface area is 75.5 Å². The lowest BCUT2D eigenvalue weighted by Gasteiger charge is -2.38. The molecule has 5 heteroatoms. The largest absolute Gasteiger partial charge is 0.465 e. The first kappa shape index (κ1) is 8.74. The van der Waals surface area contributed by atoms with Crippen molar-refractivity contribution in [2.24, 2.45) is 5.73 Å². The van der Waals surface area contributed by atoms with Crippen LogP contribution in [0, 0.1) is 0 Å². The van der Waals surface area contributed by atoms with Crippen LogP contribution in [0.1, 0.15) is 19.3 Å². The highest BCUT2D eigenvalue weighted by Crippen LogP contribution is 2.36. The highest BCUT2D eigenvalue weighted by atomic mass is 19.1. The Bertz CT molecular complexity index is 236. The molecule has 0 aromatic heterocycles. The molecule has 13 heavy (non-hydrogen) atoms. The van der Waals surface area contributed by atoms with Gasteiger partial charge in [0, 0.05) is 12.1 Å². The fourth-order valence-corrected chi connectivity index (χ4v) is 2.48. The van der Waals surface area contributed by atoms with Gasteiger partial charge in [0.15, 0.2) is 0 Å². The van der Waals surface area contributed by atoms with E-state index in [0.717, 1.165) is 6.42 Å². The molecule has 2 heterocycles. The molecule has 2 saturated heterocycles. The molecule has 1 amide bonds. The number of rotatable bonds is 0. The molecule has 0 aliphatic carbocycles. The van der Waals surface area contributed by atoms with E-state index in [2.05, 4.69) is 0 Å². The van der Waals surface area contributed by atoms with E-state index in [-0.39, 0.29) is 6.04 Å². The second-order valence-corrected chi connectivity index (χ2v) is 3.83. The van der Waals surface area contributed by atoms with Crippen molar-refractivity contribution < 1.29 is 14.3 Å². The molecule has 0 aromatic rings. The van der Waals surface area contributed by atoms with Crippen LogP contribution in [0.15, 0.2) is 0 Å². The van der Waals surface area contributed by atoms with Crippen molar-refractivity contribution in [1.29, 1.82) is 0 Å². The third kappa shape index (κ3) is 1.18. The summed E-state index contributed by atoms with van der Waals surface area (Å²) in [4.78, 5) is 12.0. The maximum atomic E-state index is 13.4. The highest BCUT2D eigenvalue weighted by Gasteiger charge is 2.48. The van der Waals surface area contributed by atoms with Gasteiger partial charge < -0.3 is 10.8 Å². The van der Waals surface area contributed by atoms with Gasteiger partial charge in [-0.2, -0.15) is 0 Å². The summed E-state index contributed by atoms with van der Waals surface area (Å²) < 4.78 is 13.4. The van der Waals surface area contributed by atoms with Crippen molar-refractivity contribution in [2.75, 3.05) is 0 Å². The first-order valence-corrected chi connectivity index (χ1v) is 4.52. The minimum atomic E-state index is -1.19. The number of piperidine rings is 1. The van der Waals surface area contributed by atoms with Gasteiger partial charge in [0.25, 0.3) is 0 Å². The normalized spacial score (nSPS) is 43.7. The lowest BCUT2D eigenvalue weighted by molar-refractivity contribution is 0.0503. The van der Waals surface area contributed by atoms with Gasteiger partial charge in [0.1, 0.15) is 6.17 Å². The van der Waals surface area contributed by atoms with Gasteiger partial charge in [-0.1, -0.05) is 0 Å². The summed E-state index contributed by atoms with van der Waals surface area (Å²) in [7, 11) is 0. The van der Waals surface area contributed by atoms with Crippen LogP contribution in [-0.4, -0.2) is 40.4 Å². The van der Waals surface area contributed by atoms with E-state index in [1.807, 2.05) is 0 Å². The Hall–Kier alpha value is -0.840. The third-order valence-corrected chi connectivity index (χ3v) is 3.09. The Morgan fingerprint density at radius 3 is 2.85 bits per heavy atom. The number of carboxylic acid groups (broad SMARTS) is 1. The summed E-state index contributed by atoms with van der Waals surface area (Å²) in [5, 5.41) is 8.84. The third-order valence-electron chi connectivity index (χ3n) is 3.09. The number of nitrogens with two attached hydrogens (primary N) is 1. The van der Waals surface area contributed by atoms with Gasteiger partial charge in [0.2, 0.25) is 0 Å². The maximum Gasteiger partial charge on any atom is 0.407 e. The number of carbonyl (C=O) groups is 1. The van der Waals surface area contributed by atoms with E-state index >= 15 is 0 Å². The van der Waals surface area contributed by atoms with Crippen molar-refractivity contribution in [2.45, 2.75) is 43.6 Å². The average Bonchev–Trinajstić information content (AvgIpc) is 2.40. The Kier molecular flexibility index (Phi) is 1.91.